The summed E-state index contributed by atoms with van der Waals surface area (Å²) in [6, 6.07) is 2.63. The molecule has 5 heteroatoms. The number of rotatable bonds is 1. The summed E-state index contributed by atoms with van der Waals surface area (Å²) in [6.07, 6.45) is 0. The molecule has 0 spiro atoms. The van der Waals surface area contributed by atoms with Crippen LogP contribution in [0.1, 0.15) is 0 Å². The Morgan fingerprint density at radius 3 is 2.85 bits per heavy atom. The smallest absolute Gasteiger partial charge is 0.185 e. The molecule has 0 radical (unpaired) electrons. The normalized spacial score (nSPS) is 10.7. The molecule has 2 nitrogen and oxygen atoms in total. The summed E-state index contributed by atoms with van der Waals surface area (Å²) in [7, 11) is 1.69. The van der Waals surface area contributed by atoms with Gasteiger partial charge in [0, 0.05) is 7.05 Å². The van der Waals surface area contributed by atoms with Crippen molar-refractivity contribution in [2.24, 2.45) is 0 Å². The van der Waals surface area contributed by atoms with Crippen LogP contribution in [-0.4, -0.2) is 12.0 Å². The van der Waals surface area contributed by atoms with Gasteiger partial charge in [-0.15, -0.1) is 0 Å². The van der Waals surface area contributed by atoms with Crippen LogP contribution in [-0.2, 0) is 0 Å². The van der Waals surface area contributed by atoms with Gasteiger partial charge in [0.2, 0.25) is 0 Å². The molecule has 0 aliphatic rings. The van der Waals surface area contributed by atoms with Crippen LogP contribution in [0.2, 0.25) is 0 Å². The minimum atomic E-state index is -0.879. The molecule has 0 fully saturated rings. The van der Waals surface area contributed by atoms with Gasteiger partial charge in [-0.2, -0.15) is 0 Å². The van der Waals surface area contributed by atoms with Crippen LogP contribution in [0.4, 0.5) is 13.9 Å². The molecule has 0 amide bonds. The quantitative estimate of drug-likeness (QED) is 0.765. The van der Waals surface area contributed by atoms with Crippen LogP contribution in [0, 0.1) is 11.6 Å². The molecule has 0 saturated heterocycles. The maximum absolute atomic E-state index is 13.1. The molecule has 13 heavy (non-hydrogen) atoms. The van der Waals surface area contributed by atoms with Crippen LogP contribution in [0.25, 0.3) is 10.2 Å². The molecule has 1 aromatic carbocycles. The number of fused-ring (bicyclic) bond motifs is 1. The van der Waals surface area contributed by atoms with Crippen molar-refractivity contribution >= 4 is 26.7 Å². The van der Waals surface area contributed by atoms with Gasteiger partial charge in [0.1, 0.15) is 5.52 Å². The first-order valence-electron chi connectivity index (χ1n) is 3.64. The van der Waals surface area contributed by atoms with E-state index in [2.05, 4.69) is 10.3 Å². The fraction of sp³-hybridized carbons (Fsp3) is 0.125. The zero-order chi connectivity index (χ0) is 9.42. The van der Waals surface area contributed by atoms with Gasteiger partial charge in [-0.25, -0.2) is 13.8 Å². The monoisotopic (exact) mass is 200 g/mol. The van der Waals surface area contributed by atoms with E-state index in [1.54, 1.807) is 7.05 Å². The molecule has 2 aromatic rings. The van der Waals surface area contributed by atoms with Gasteiger partial charge in [-0.3, -0.25) is 0 Å². The van der Waals surface area contributed by atoms with Gasteiger partial charge < -0.3 is 5.32 Å². The van der Waals surface area contributed by atoms with Gasteiger partial charge in [0.15, 0.2) is 16.8 Å². The third kappa shape index (κ3) is 1.25. The molecule has 68 valence electrons. The number of halogens is 2. The Labute approximate surface area is 77.2 Å². The van der Waals surface area contributed by atoms with Gasteiger partial charge in [0.05, 0.1) is 4.70 Å². The zero-order valence-corrected chi connectivity index (χ0v) is 7.58. The Hall–Kier alpha value is -1.23. The fourth-order valence-electron chi connectivity index (χ4n) is 1.04. The molecule has 0 aliphatic heterocycles. The summed E-state index contributed by atoms with van der Waals surface area (Å²) >= 11 is 1.29. The fourth-order valence-corrected chi connectivity index (χ4v) is 1.86. The molecular formula is C8H6F2N2S. The predicted octanol–water partition coefficient (Wildman–Crippen LogP) is 2.62. The number of aromatic nitrogens is 1. The second-order valence-electron chi connectivity index (χ2n) is 2.48. The highest BCUT2D eigenvalue weighted by atomic mass is 32.1. The minimum absolute atomic E-state index is 0.0920. The van der Waals surface area contributed by atoms with Gasteiger partial charge in [0.25, 0.3) is 0 Å². The molecule has 2 rings (SSSR count). The summed E-state index contributed by atoms with van der Waals surface area (Å²) in [4.78, 5) is 3.88. The van der Waals surface area contributed by atoms with Crippen molar-refractivity contribution in [2.45, 2.75) is 0 Å². The van der Waals surface area contributed by atoms with Crippen molar-refractivity contribution < 1.29 is 8.78 Å². The predicted molar refractivity (Wildman–Crippen MR) is 49.1 cm³/mol. The van der Waals surface area contributed by atoms with Crippen molar-refractivity contribution in [3.05, 3.63) is 23.8 Å². The van der Waals surface area contributed by atoms with E-state index in [1.165, 1.54) is 17.4 Å². The number of anilines is 1. The van der Waals surface area contributed by atoms with E-state index in [0.29, 0.717) is 9.83 Å². The van der Waals surface area contributed by atoms with Crippen LogP contribution in [0.3, 0.4) is 0 Å². The number of nitrogens with zero attached hydrogens (tertiary/aromatic N) is 1. The second-order valence-corrected chi connectivity index (χ2v) is 3.51. The average Bonchev–Trinajstić information content (AvgIpc) is 2.55. The third-order valence-electron chi connectivity index (χ3n) is 1.67. The minimum Gasteiger partial charge on any atom is -0.365 e. The topological polar surface area (TPSA) is 24.9 Å². The molecule has 1 aromatic heterocycles. The number of nitrogens with one attached hydrogen (secondary N) is 1. The van der Waals surface area contributed by atoms with E-state index >= 15 is 0 Å². The number of hydrogen-bond donors (Lipinski definition) is 1. The highest BCUT2D eigenvalue weighted by Crippen LogP contribution is 2.28. The third-order valence-corrected chi connectivity index (χ3v) is 2.70. The van der Waals surface area contributed by atoms with E-state index in [9.17, 15) is 8.78 Å². The number of thiazole rings is 1. The van der Waals surface area contributed by atoms with Crippen molar-refractivity contribution in [1.82, 2.24) is 4.98 Å². The lowest BCUT2D eigenvalue weighted by Crippen LogP contribution is -1.87. The van der Waals surface area contributed by atoms with Gasteiger partial charge >= 0.3 is 0 Å². The van der Waals surface area contributed by atoms with Crippen LogP contribution in [0.5, 0.6) is 0 Å². The Bertz CT molecular complexity index is 453. The van der Waals surface area contributed by atoms with E-state index in [-0.39, 0.29) is 5.52 Å². The lowest BCUT2D eigenvalue weighted by Gasteiger charge is -1.90. The van der Waals surface area contributed by atoms with Gasteiger partial charge in [-0.1, -0.05) is 11.3 Å². The van der Waals surface area contributed by atoms with Crippen LogP contribution >= 0.6 is 11.3 Å². The van der Waals surface area contributed by atoms with Crippen LogP contribution < -0.4 is 5.32 Å². The molecule has 0 atom stereocenters. The first kappa shape index (κ1) is 8.37. The first-order chi connectivity index (χ1) is 6.22. The highest BCUT2D eigenvalue weighted by Gasteiger charge is 2.11. The van der Waals surface area contributed by atoms with Crippen molar-refractivity contribution in [1.29, 1.82) is 0 Å². The lowest BCUT2D eigenvalue weighted by molar-refractivity contribution is 0.516. The Morgan fingerprint density at radius 1 is 1.38 bits per heavy atom. The molecule has 0 saturated carbocycles. The second kappa shape index (κ2) is 2.92. The van der Waals surface area contributed by atoms with E-state index in [0.717, 1.165) is 6.07 Å². The zero-order valence-electron chi connectivity index (χ0n) is 6.77. The summed E-state index contributed by atoms with van der Waals surface area (Å²) in [5, 5.41) is 3.36. The first-order valence-corrected chi connectivity index (χ1v) is 4.46. The van der Waals surface area contributed by atoms with Crippen molar-refractivity contribution in [3.63, 3.8) is 0 Å². The van der Waals surface area contributed by atoms with E-state index in [1.807, 2.05) is 0 Å². The molecule has 1 heterocycles. The number of hydrogen-bond acceptors (Lipinski definition) is 3. The summed E-state index contributed by atoms with van der Waals surface area (Å²) < 4.78 is 26.5. The Kier molecular flexibility index (Phi) is 1.88. The van der Waals surface area contributed by atoms with E-state index < -0.39 is 11.6 Å². The SMILES string of the molecule is CNc1nc2c(F)c(F)ccc2s1. The Balaban J connectivity index is 2.76. The molecule has 0 unspecified atom stereocenters. The van der Waals surface area contributed by atoms with E-state index in [4.69, 9.17) is 0 Å². The van der Waals surface area contributed by atoms with Gasteiger partial charge in [-0.05, 0) is 12.1 Å². The maximum Gasteiger partial charge on any atom is 0.185 e. The summed E-state index contributed by atoms with van der Waals surface area (Å²) in [5.41, 5.74) is 0.0920. The van der Waals surface area contributed by atoms with Crippen molar-refractivity contribution in [2.75, 3.05) is 12.4 Å². The molecule has 0 aliphatic carbocycles. The largest absolute Gasteiger partial charge is 0.365 e. The summed E-state index contributed by atoms with van der Waals surface area (Å²) in [5.74, 6) is -1.74. The number of benzene rings is 1. The lowest BCUT2D eigenvalue weighted by atomic mass is 10.3. The Morgan fingerprint density at radius 2 is 2.15 bits per heavy atom. The standard InChI is InChI=1S/C8H6F2N2S/c1-11-8-12-7-5(13-8)3-2-4(9)6(7)10/h2-3H,1H3,(H,11,12). The average molecular weight is 200 g/mol. The van der Waals surface area contributed by atoms with Crippen LogP contribution in [0.15, 0.2) is 12.1 Å². The highest BCUT2D eigenvalue weighted by molar-refractivity contribution is 7.22. The molecule has 0 bridgehead atoms. The summed E-state index contributed by atoms with van der Waals surface area (Å²) in [6.45, 7) is 0. The molecular weight excluding hydrogens is 194 g/mol. The van der Waals surface area contributed by atoms with Crippen molar-refractivity contribution in [3.8, 4) is 0 Å². The maximum atomic E-state index is 13.1. The molecule has 1 N–H and O–H groups in total.